The van der Waals surface area contributed by atoms with Gasteiger partial charge in [-0.1, -0.05) is 24.6 Å². The van der Waals surface area contributed by atoms with Crippen molar-refractivity contribution in [1.82, 2.24) is 20.9 Å². The molecule has 0 spiro atoms. The van der Waals surface area contributed by atoms with Gasteiger partial charge >= 0.3 is 11.9 Å². The first-order chi connectivity index (χ1) is 18.1. The molecule has 14 heteroatoms. The van der Waals surface area contributed by atoms with E-state index in [-0.39, 0.29) is 12.2 Å². The fourth-order valence-corrected chi connectivity index (χ4v) is 4.02. The molecule has 0 radical (unpaired) electrons. The van der Waals surface area contributed by atoms with Gasteiger partial charge in [0.15, 0.2) is 0 Å². The molecule has 1 aromatic carbocycles. The van der Waals surface area contributed by atoms with Gasteiger partial charge in [0.1, 0.15) is 18.1 Å². The van der Waals surface area contributed by atoms with Crippen LogP contribution in [0.1, 0.15) is 31.2 Å². The van der Waals surface area contributed by atoms with Crippen LogP contribution in [0, 0.1) is 0 Å². The number of unbranched alkanes of at least 4 members (excludes halogenated alkanes) is 1. The van der Waals surface area contributed by atoms with Crippen LogP contribution in [0.5, 0.6) is 0 Å². The Morgan fingerprint density at radius 2 is 1.55 bits per heavy atom. The molecule has 1 aromatic heterocycles. The normalized spacial score (nSPS) is 14.2. The average molecular weight is 551 g/mol. The van der Waals surface area contributed by atoms with Gasteiger partial charge in [-0.05, 0) is 31.0 Å². The molecule has 2 rings (SSSR count). The summed E-state index contributed by atoms with van der Waals surface area (Å²) in [6.07, 6.45) is 2.39. The first-order valence-electron chi connectivity index (χ1n) is 12.0. The second-order valence-electron chi connectivity index (χ2n) is 8.76. The van der Waals surface area contributed by atoms with Crippen molar-refractivity contribution in [3.8, 4) is 0 Å². The fraction of sp³-hybridized carbons (Fsp3) is 0.458. The topological polar surface area (TPSA) is 230 Å². The molecule has 4 atom stereocenters. The monoisotopic (exact) mass is 550 g/mol. The number of nitrogens with two attached hydrogens (primary N) is 2. The number of carbonyl (C=O) groups excluding carboxylic acids is 3. The number of hydrogen-bond donors (Lipinski definition) is 9. The number of carboxylic acids is 2. The number of fused-ring (bicyclic) bond motifs is 1. The van der Waals surface area contributed by atoms with Crippen molar-refractivity contribution in [1.29, 1.82) is 0 Å². The van der Waals surface area contributed by atoms with Gasteiger partial charge in [-0.2, -0.15) is 12.6 Å². The summed E-state index contributed by atoms with van der Waals surface area (Å²) in [4.78, 5) is 64.3. The third-order valence-electron chi connectivity index (χ3n) is 5.85. The zero-order valence-corrected chi connectivity index (χ0v) is 21.6. The van der Waals surface area contributed by atoms with E-state index in [1.807, 2.05) is 18.2 Å². The number of H-pyrrole nitrogens is 1. The summed E-state index contributed by atoms with van der Waals surface area (Å²) in [6, 6.07) is 2.17. The number of aromatic amines is 1. The minimum Gasteiger partial charge on any atom is -0.481 e. The standard InChI is InChI=1S/C24H34N6O7S/c25-8-4-3-6-15(26)21(33)28-17(10-20(31)32)22(34)30-19(12-38)23(35)29-18(24(36)37)9-13-11-27-16-7-2-1-5-14(13)16/h1-2,5,7,11,15,17-19,27,38H,3-4,6,8-10,12,25-26H2,(H,28,33)(H,29,35)(H,30,34)(H,31,32)(H,36,37). The van der Waals surface area contributed by atoms with Gasteiger partial charge in [0.2, 0.25) is 17.7 Å². The van der Waals surface area contributed by atoms with E-state index in [2.05, 4.69) is 33.6 Å². The molecule has 0 saturated carbocycles. The second-order valence-corrected chi connectivity index (χ2v) is 9.12. The molecule has 3 amide bonds. The van der Waals surface area contributed by atoms with E-state index in [0.717, 1.165) is 10.9 Å². The molecule has 0 aliphatic carbocycles. The summed E-state index contributed by atoms with van der Waals surface area (Å²) in [5.74, 6) is -5.37. The third-order valence-corrected chi connectivity index (χ3v) is 6.21. The van der Waals surface area contributed by atoms with Crippen LogP contribution in [0.3, 0.4) is 0 Å². The Morgan fingerprint density at radius 3 is 2.18 bits per heavy atom. The predicted octanol–water partition coefficient (Wildman–Crippen LogP) is -0.890. The van der Waals surface area contributed by atoms with E-state index in [4.69, 9.17) is 11.5 Å². The zero-order chi connectivity index (χ0) is 28.2. The van der Waals surface area contributed by atoms with Crippen molar-refractivity contribution in [3.05, 3.63) is 36.0 Å². The quantitative estimate of drug-likeness (QED) is 0.0931. The number of amides is 3. The lowest BCUT2D eigenvalue weighted by molar-refractivity contribution is -0.143. The van der Waals surface area contributed by atoms with Crippen LogP contribution in [0.25, 0.3) is 10.9 Å². The van der Waals surface area contributed by atoms with Crippen LogP contribution in [0.2, 0.25) is 0 Å². The Hall–Kier alpha value is -3.62. The van der Waals surface area contributed by atoms with E-state index in [9.17, 15) is 34.2 Å². The number of rotatable bonds is 16. The summed E-state index contributed by atoms with van der Waals surface area (Å²) in [5, 5.41) is 26.7. The van der Waals surface area contributed by atoms with Crippen LogP contribution in [-0.4, -0.2) is 81.3 Å². The first-order valence-corrected chi connectivity index (χ1v) is 12.7. The summed E-state index contributed by atoms with van der Waals surface area (Å²) < 4.78 is 0. The van der Waals surface area contributed by atoms with Crippen LogP contribution in [0.15, 0.2) is 30.5 Å². The van der Waals surface area contributed by atoms with Gasteiger partial charge < -0.3 is 42.6 Å². The van der Waals surface area contributed by atoms with Crippen LogP contribution < -0.4 is 27.4 Å². The molecule has 0 fully saturated rings. The maximum absolute atomic E-state index is 12.9. The molecule has 13 nitrogen and oxygen atoms in total. The van der Waals surface area contributed by atoms with E-state index in [1.54, 1.807) is 12.3 Å². The van der Waals surface area contributed by atoms with Crippen molar-refractivity contribution in [3.63, 3.8) is 0 Å². The summed E-state index contributed by atoms with van der Waals surface area (Å²) in [6.45, 7) is 0.427. The Labute approximate surface area is 224 Å². The van der Waals surface area contributed by atoms with Crippen molar-refractivity contribution >= 4 is 53.2 Å². The lowest BCUT2D eigenvalue weighted by atomic mass is 10.0. The lowest BCUT2D eigenvalue weighted by Gasteiger charge is -2.24. The number of hydrogen-bond acceptors (Lipinski definition) is 8. The molecule has 0 aliphatic rings. The van der Waals surface area contributed by atoms with E-state index < -0.39 is 60.2 Å². The molecule has 0 saturated heterocycles. The average Bonchev–Trinajstić information content (AvgIpc) is 3.28. The largest absolute Gasteiger partial charge is 0.481 e. The van der Waals surface area contributed by atoms with Crippen molar-refractivity contribution in [2.75, 3.05) is 12.3 Å². The molecule has 0 aliphatic heterocycles. The number of para-hydroxylation sites is 1. The highest BCUT2D eigenvalue weighted by molar-refractivity contribution is 7.80. The smallest absolute Gasteiger partial charge is 0.326 e. The number of carboxylic acid groups (broad SMARTS) is 2. The third kappa shape index (κ3) is 9.04. The van der Waals surface area contributed by atoms with Gasteiger partial charge in [-0.25, -0.2) is 4.79 Å². The fourth-order valence-electron chi connectivity index (χ4n) is 3.76. The Bertz CT molecular complexity index is 1140. The number of aliphatic carboxylic acids is 2. The number of thiol groups is 1. The summed E-state index contributed by atoms with van der Waals surface area (Å²) >= 11 is 4.07. The Kier molecular flexibility index (Phi) is 12.0. The maximum atomic E-state index is 12.9. The van der Waals surface area contributed by atoms with Gasteiger partial charge in [-0.15, -0.1) is 0 Å². The highest BCUT2D eigenvalue weighted by Crippen LogP contribution is 2.19. The number of nitrogens with one attached hydrogen (secondary N) is 4. The Balaban J connectivity index is 2.06. The highest BCUT2D eigenvalue weighted by Gasteiger charge is 2.31. The van der Waals surface area contributed by atoms with Gasteiger partial charge in [0, 0.05) is 29.3 Å². The minimum atomic E-state index is -1.52. The predicted molar refractivity (Wildman–Crippen MR) is 142 cm³/mol. The zero-order valence-electron chi connectivity index (χ0n) is 20.7. The molecule has 38 heavy (non-hydrogen) atoms. The Morgan fingerprint density at radius 1 is 0.921 bits per heavy atom. The van der Waals surface area contributed by atoms with Crippen molar-refractivity contribution < 1.29 is 34.2 Å². The minimum absolute atomic E-state index is 0.0297. The van der Waals surface area contributed by atoms with Gasteiger partial charge in [-0.3, -0.25) is 19.2 Å². The number of aromatic nitrogens is 1. The first kappa shape index (κ1) is 30.6. The summed E-state index contributed by atoms with van der Waals surface area (Å²) in [5.41, 5.74) is 12.7. The van der Waals surface area contributed by atoms with E-state index in [0.29, 0.717) is 31.4 Å². The number of carbonyl (C=O) groups is 5. The molecular weight excluding hydrogens is 516 g/mol. The molecule has 1 heterocycles. The maximum Gasteiger partial charge on any atom is 0.326 e. The van der Waals surface area contributed by atoms with E-state index in [1.165, 1.54) is 0 Å². The van der Waals surface area contributed by atoms with Crippen molar-refractivity contribution in [2.45, 2.75) is 56.3 Å². The highest BCUT2D eigenvalue weighted by atomic mass is 32.1. The molecule has 10 N–H and O–H groups in total. The molecule has 4 unspecified atom stereocenters. The van der Waals surface area contributed by atoms with E-state index >= 15 is 0 Å². The molecule has 2 aromatic rings. The second kappa shape index (κ2) is 15.0. The van der Waals surface area contributed by atoms with Crippen LogP contribution in [-0.2, 0) is 30.4 Å². The lowest BCUT2D eigenvalue weighted by Crippen LogP contribution is -2.58. The molecular formula is C24H34N6O7S. The van der Waals surface area contributed by atoms with Crippen LogP contribution >= 0.6 is 12.6 Å². The van der Waals surface area contributed by atoms with Crippen molar-refractivity contribution in [2.24, 2.45) is 11.5 Å². The van der Waals surface area contributed by atoms with Crippen LogP contribution in [0.4, 0.5) is 0 Å². The summed E-state index contributed by atoms with van der Waals surface area (Å²) in [7, 11) is 0. The van der Waals surface area contributed by atoms with Gasteiger partial charge in [0.05, 0.1) is 12.5 Å². The SMILES string of the molecule is NCCCCC(N)C(=O)NC(CC(=O)O)C(=O)NC(CS)C(=O)NC(Cc1c[nH]c2ccccc12)C(=O)O. The number of benzene rings is 1. The van der Waals surface area contributed by atoms with Gasteiger partial charge in [0.25, 0.3) is 0 Å². The molecule has 208 valence electrons. The molecule has 0 bridgehead atoms.